The molecule has 0 amide bonds. The maximum Gasteiger partial charge on any atom is 0.0299 e. The second-order valence-corrected chi connectivity index (χ2v) is 6.07. The maximum absolute atomic E-state index is 5.62. The molecule has 1 aromatic rings. The number of nitrogens with zero attached hydrogens (tertiary/aromatic N) is 1. The van der Waals surface area contributed by atoms with Crippen molar-refractivity contribution in [1.82, 2.24) is 4.98 Å². The van der Waals surface area contributed by atoms with E-state index in [2.05, 4.69) is 18.0 Å². The van der Waals surface area contributed by atoms with Crippen LogP contribution in [0.15, 0.2) is 24.5 Å². The predicted octanol–water partition coefficient (Wildman–Crippen LogP) is 4.73. The Kier molecular flexibility index (Phi) is 10.2. The first-order valence-electron chi connectivity index (χ1n) is 8.42. The molecule has 0 aliphatic rings. The lowest BCUT2D eigenvalue weighted by Gasteiger charge is -2.07. The van der Waals surface area contributed by atoms with Crippen molar-refractivity contribution >= 4 is 0 Å². The minimum absolute atomic E-state index is 0.711. The molecule has 1 aromatic heterocycles. The van der Waals surface area contributed by atoms with Gasteiger partial charge < -0.3 is 5.73 Å². The molecule has 2 heteroatoms. The van der Waals surface area contributed by atoms with E-state index in [9.17, 15) is 0 Å². The summed E-state index contributed by atoms with van der Waals surface area (Å²) < 4.78 is 0. The van der Waals surface area contributed by atoms with E-state index in [1.165, 1.54) is 69.8 Å². The van der Waals surface area contributed by atoms with Gasteiger partial charge in [-0.3, -0.25) is 4.98 Å². The molecule has 0 spiro atoms. The Bertz CT molecular complexity index is 310. The van der Waals surface area contributed by atoms with Crippen LogP contribution >= 0.6 is 0 Å². The van der Waals surface area contributed by atoms with Gasteiger partial charge in [-0.1, -0.05) is 57.9 Å². The second-order valence-electron chi connectivity index (χ2n) is 6.07. The van der Waals surface area contributed by atoms with Gasteiger partial charge in [-0.15, -0.1) is 0 Å². The van der Waals surface area contributed by atoms with Crippen molar-refractivity contribution in [3.8, 4) is 0 Å². The first kappa shape index (κ1) is 17.2. The van der Waals surface area contributed by atoms with Crippen LogP contribution in [-0.4, -0.2) is 11.5 Å². The normalized spacial score (nSPS) is 12.5. The van der Waals surface area contributed by atoms with Gasteiger partial charge in [-0.2, -0.15) is 0 Å². The molecule has 0 aliphatic carbocycles. The number of pyridine rings is 1. The Morgan fingerprint density at radius 2 is 1.65 bits per heavy atom. The van der Waals surface area contributed by atoms with E-state index in [-0.39, 0.29) is 0 Å². The SMILES string of the molecule is CC(CN)CCCCCCCCCCc1cccnc1. The molecular weight excluding hydrogens is 244 g/mol. The van der Waals surface area contributed by atoms with Gasteiger partial charge in [0.05, 0.1) is 0 Å². The van der Waals surface area contributed by atoms with Crippen LogP contribution in [-0.2, 0) is 6.42 Å². The third kappa shape index (κ3) is 9.08. The van der Waals surface area contributed by atoms with Crippen LogP contribution in [0.25, 0.3) is 0 Å². The number of hydrogen-bond acceptors (Lipinski definition) is 2. The van der Waals surface area contributed by atoms with E-state index in [1.807, 2.05) is 18.5 Å². The number of hydrogen-bond donors (Lipinski definition) is 1. The highest BCUT2D eigenvalue weighted by Gasteiger charge is 1.98. The van der Waals surface area contributed by atoms with Gasteiger partial charge in [0.2, 0.25) is 0 Å². The van der Waals surface area contributed by atoms with Crippen molar-refractivity contribution in [2.75, 3.05) is 6.54 Å². The minimum atomic E-state index is 0.711. The molecule has 0 saturated carbocycles. The molecule has 20 heavy (non-hydrogen) atoms. The van der Waals surface area contributed by atoms with Crippen molar-refractivity contribution in [2.24, 2.45) is 11.7 Å². The zero-order valence-corrected chi connectivity index (χ0v) is 13.2. The summed E-state index contributed by atoms with van der Waals surface area (Å²) in [6.07, 6.45) is 17.3. The number of rotatable bonds is 12. The largest absolute Gasteiger partial charge is 0.330 e. The van der Waals surface area contributed by atoms with E-state index in [4.69, 9.17) is 5.73 Å². The topological polar surface area (TPSA) is 38.9 Å². The summed E-state index contributed by atoms with van der Waals surface area (Å²) in [7, 11) is 0. The third-order valence-corrected chi connectivity index (χ3v) is 4.04. The zero-order chi connectivity index (χ0) is 14.5. The first-order chi connectivity index (χ1) is 9.83. The Morgan fingerprint density at radius 1 is 1.00 bits per heavy atom. The molecule has 114 valence electrons. The van der Waals surface area contributed by atoms with Crippen molar-refractivity contribution in [1.29, 1.82) is 0 Å². The fourth-order valence-corrected chi connectivity index (χ4v) is 2.55. The van der Waals surface area contributed by atoms with E-state index in [0.29, 0.717) is 5.92 Å². The molecule has 0 bridgehead atoms. The fraction of sp³-hybridized carbons (Fsp3) is 0.722. The highest BCUT2D eigenvalue weighted by molar-refractivity contribution is 5.08. The van der Waals surface area contributed by atoms with Gasteiger partial charge in [0.25, 0.3) is 0 Å². The number of aryl methyl sites for hydroxylation is 1. The Balaban J connectivity index is 1.81. The first-order valence-corrected chi connectivity index (χ1v) is 8.42. The molecule has 1 rings (SSSR count). The molecule has 1 atom stereocenters. The van der Waals surface area contributed by atoms with Crippen LogP contribution in [0.5, 0.6) is 0 Å². The maximum atomic E-state index is 5.62. The molecule has 0 radical (unpaired) electrons. The average molecular weight is 276 g/mol. The van der Waals surface area contributed by atoms with Crippen molar-refractivity contribution in [3.63, 3.8) is 0 Å². The molecular formula is C18H32N2. The van der Waals surface area contributed by atoms with E-state index < -0.39 is 0 Å². The molecule has 1 heterocycles. The van der Waals surface area contributed by atoms with Crippen molar-refractivity contribution in [3.05, 3.63) is 30.1 Å². The third-order valence-electron chi connectivity index (χ3n) is 4.04. The van der Waals surface area contributed by atoms with Gasteiger partial charge >= 0.3 is 0 Å². The Labute approximate surface area is 125 Å². The Morgan fingerprint density at radius 3 is 2.25 bits per heavy atom. The van der Waals surface area contributed by atoms with Gasteiger partial charge in [0.1, 0.15) is 0 Å². The van der Waals surface area contributed by atoms with Gasteiger partial charge in [-0.25, -0.2) is 0 Å². The number of aromatic nitrogens is 1. The highest BCUT2D eigenvalue weighted by Crippen LogP contribution is 2.13. The minimum Gasteiger partial charge on any atom is -0.330 e. The zero-order valence-electron chi connectivity index (χ0n) is 13.2. The summed E-state index contributed by atoms with van der Waals surface area (Å²) in [4.78, 5) is 4.15. The summed E-state index contributed by atoms with van der Waals surface area (Å²) in [6.45, 7) is 3.10. The molecule has 2 N–H and O–H groups in total. The summed E-state index contributed by atoms with van der Waals surface area (Å²) in [5, 5.41) is 0. The molecule has 0 fully saturated rings. The quantitative estimate of drug-likeness (QED) is 0.560. The highest BCUT2D eigenvalue weighted by atomic mass is 14.6. The van der Waals surface area contributed by atoms with Crippen LogP contribution in [0.2, 0.25) is 0 Å². The molecule has 0 aromatic carbocycles. The van der Waals surface area contributed by atoms with Gasteiger partial charge in [-0.05, 0) is 43.4 Å². The van der Waals surface area contributed by atoms with E-state index >= 15 is 0 Å². The monoisotopic (exact) mass is 276 g/mol. The summed E-state index contributed by atoms with van der Waals surface area (Å²) in [5.74, 6) is 0.711. The lowest BCUT2D eigenvalue weighted by Crippen LogP contribution is -2.10. The second kappa shape index (κ2) is 11.9. The lowest BCUT2D eigenvalue weighted by molar-refractivity contribution is 0.487. The van der Waals surface area contributed by atoms with Crippen LogP contribution < -0.4 is 5.73 Å². The lowest BCUT2D eigenvalue weighted by atomic mass is 10.0. The number of nitrogens with two attached hydrogens (primary N) is 1. The molecule has 2 nitrogen and oxygen atoms in total. The van der Waals surface area contributed by atoms with E-state index in [1.54, 1.807) is 0 Å². The average Bonchev–Trinajstić information content (AvgIpc) is 2.50. The van der Waals surface area contributed by atoms with Crippen molar-refractivity contribution < 1.29 is 0 Å². The molecule has 0 saturated heterocycles. The van der Waals surface area contributed by atoms with Crippen molar-refractivity contribution in [2.45, 2.75) is 71.1 Å². The van der Waals surface area contributed by atoms with Crippen LogP contribution in [0, 0.1) is 5.92 Å². The molecule has 1 unspecified atom stereocenters. The van der Waals surface area contributed by atoms with Gasteiger partial charge in [0, 0.05) is 12.4 Å². The number of unbranched alkanes of at least 4 members (excludes halogenated alkanes) is 7. The summed E-state index contributed by atoms with van der Waals surface area (Å²) in [5.41, 5.74) is 7.00. The van der Waals surface area contributed by atoms with Crippen LogP contribution in [0.1, 0.15) is 70.3 Å². The molecule has 0 aliphatic heterocycles. The Hall–Kier alpha value is -0.890. The van der Waals surface area contributed by atoms with E-state index in [0.717, 1.165) is 6.54 Å². The van der Waals surface area contributed by atoms with Crippen LogP contribution in [0.4, 0.5) is 0 Å². The standard InChI is InChI=1S/C18H32N2/c1-17(15-19)11-8-6-4-2-3-5-7-9-12-18-13-10-14-20-16-18/h10,13-14,16-17H,2-9,11-12,15,19H2,1H3. The summed E-state index contributed by atoms with van der Waals surface area (Å²) >= 11 is 0. The smallest absolute Gasteiger partial charge is 0.0299 e. The van der Waals surface area contributed by atoms with Gasteiger partial charge in [0.15, 0.2) is 0 Å². The van der Waals surface area contributed by atoms with Crippen LogP contribution in [0.3, 0.4) is 0 Å². The summed E-state index contributed by atoms with van der Waals surface area (Å²) in [6, 6.07) is 4.20. The fourth-order valence-electron chi connectivity index (χ4n) is 2.55. The predicted molar refractivity (Wildman–Crippen MR) is 87.7 cm³/mol.